The van der Waals surface area contributed by atoms with Crippen LogP contribution in [-0.4, -0.2) is 22.6 Å². The summed E-state index contributed by atoms with van der Waals surface area (Å²) >= 11 is 0. The first-order valence-electron chi connectivity index (χ1n) is 5.13. The Balaban J connectivity index is 2.08. The molecule has 1 unspecified atom stereocenters. The van der Waals surface area contributed by atoms with Crippen LogP contribution in [0.15, 0.2) is 12.5 Å². The molecule has 70 valence electrons. The molecule has 0 radical (unpaired) electrons. The molecule has 1 atom stereocenters. The van der Waals surface area contributed by atoms with Gasteiger partial charge in [0, 0.05) is 18.4 Å². The van der Waals surface area contributed by atoms with E-state index in [1.165, 1.54) is 31.4 Å². The van der Waals surface area contributed by atoms with Crippen LogP contribution in [0.4, 0.5) is 0 Å². The van der Waals surface area contributed by atoms with Gasteiger partial charge in [-0.3, -0.25) is 0 Å². The Morgan fingerprint density at radius 3 is 3.31 bits per heavy atom. The van der Waals surface area contributed by atoms with E-state index in [4.69, 9.17) is 0 Å². The molecular formula is C10H15N3. The standard InChI is InChI=1S/C10H15N3/c1-2-9-6-12-8-13(9)10(3-1)4-5-11-7-10/h6,8,11H,1-5,7H2. The van der Waals surface area contributed by atoms with Gasteiger partial charge in [0.25, 0.3) is 0 Å². The number of aryl methyl sites for hydroxylation is 1. The first kappa shape index (κ1) is 7.56. The normalized spacial score (nSPS) is 32.3. The van der Waals surface area contributed by atoms with Crippen molar-refractivity contribution in [3.05, 3.63) is 18.2 Å². The van der Waals surface area contributed by atoms with Gasteiger partial charge in [-0.1, -0.05) is 0 Å². The van der Waals surface area contributed by atoms with Crippen LogP contribution in [0, 0.1) is 0 Å². The number of nitrogens with one attached hydrogen (secondary N) is 1. The van der Waals surface area contributed by atoms with Gasteiger partial charge in [0.1, 0.15) is 0 Å². The third-order valence-electron chi connectivity index (χ3n) is 3.52. The number of imidazole rings is 1. The molecule has 0 amide bonds. The van der Waals surface area contributed by atoms with Crippen molar-refractivity contribution in [2.24, 2.45) is 0 Å². The molecule has 0 aromatic carbocycles. The second kappa shape index (κ2) is 2.58. The van der Waals surface area contributed by atoms with Crippen LogP contribution in [0.5, 0.6) is 0 Å². The summed E-state index contributed by atoms with van der Waals surface area (Å²) in [5, 5.41) is 3.46. The van der Waals surface area contributed by atoms with Crippen molar-refractivity contribution in [1.29, 1.82) is 0 Å². The van der Waals surface area contributed by atoms with Crippen LogP contribution < -0.4 is 5.32 Å². The smallest absolute Gasteiger partial charge is 0.0953 e. The first-order chi connectivity index (χ1) is 6.41. The summed E-state index contributed by atoms with van der Waals surface area (Å²) in [7, 11) is 0. The highest BCUT2D eigenvalue weighted by atomic mass is 15.2. The number of aromatic nitrogens is 2. The van der Waals surface area contributed by atoms with Crippen molar-refractivity contribution in [3.8, 4) is 0 Å². The summed E-state index contributed by atoms with van der Waals surface area (Å²) in [4.78, 5) is 4.26. The van der Waals surface area contributed by atoms with Crippen LogP contribution in [0.25, 0.3) is 0 Å². The number of hydrogen-bond acceptors (Lipinski definition) is 2. The molecule has 13 heavy (non-hydrogen) atoms. The maximum absolute atomic E-state index is 4.26. The van der Waals surface area contributed by atoms with Crippen LogP contribution in [0.3, 0.4) is 0 Å². The van der Waals surface area contributed by atoms with Crippen molar-refractivity contribution in [1.82, 2.24) is 14.9 Å². The molecule has 1 spiro atoms. The highest BCUT2D eigenvalue weighted by Crippen LogP contribution is 2.35. The first-order valence-corrected chi connectivity index (χ1v) is 5.13. The summed E-state index contributed by atoms with van der Waals surface area (Å²) in [5.41, 5.74) is 1.80. The molecule has 1 N–H and O–H groups in total. The lowest BCUT2D eigenvalue weighted by atomic mass is 9.87. The van der Waals surface area contributed by atoms with E-state index in [2.05, 4.69) is 14.9 Å². The zero-order chi connectivity index (χ0) is 8.73. The van der Waals surface area contributed by atoms with Gasteiger partial charge in [0.2, 0.25) is 0 Å². The van der Waals surface area contributed by atoms with E-state index in [-0.39, 0.29) is 0 Å². The average Bonchev–Trinajstić information content (AvgIpc) is 2.74. The second-order valence-corrected chi connectivity index (χ2v) is 4.26. The van der Waals surface area contributed by atoms with E-state index >= 15 is 0 Å². The average molecular weight is 177 g/mol. The Morgan fingerprint density at radius 1 is 1.46 bits per heavy atom. The van der Waals surface area contributed by atoms with E-state index in [1.54, 1.807) is 0 Å². The molecule has 2 aliphatic rings. The minimum atomic E-state index is 0.379. The summed E-state index contributed by atoms with van der Waals surface area (Å²) in [5.74, 6) is 0. The van der Waals surface area contributed by atoms with Crippen molar-refractivity contribution in [2.45, 2.75) is 31.2 Å². The molecule has 1 saturated heterocycles. The van der Waals surface area contributed by atoms with Crippen LogP contribution >= 0.6 is 0 Å². The van der Waals surface area contributed by atoms with Gasteiger partial charge in [0.05, 0.1) is 11.9 Å². The summed E-state index contributed by atoms with van der Waals surface area (Å²) in [6.07, 6.45) is 9.18. The maximum Gasteiger partial charge on any atom is 0.0953 e. The van der Waals surface area contributed by atoms with E-state index in [0.29, 0.717) is 5.54 Å². The molecule has 2 aliphatic heterocycles. The zero-order valence-corrected chi connectivity index (χ0v) is 7.79. The van der Waals surface area contributed by atoms with Gasteiger partial charge >= 0.3 is 0 Å². The minimum absolute atomic E-state index is 0.379. The molecule has 0 aliphatic carbocycles. The predicted molar refractivity (Wildman–Crippen MR) is 50.6 cm³/mol. The van der Waals surface area contributed by atoms with Crippen molar-refractivity contribution in [3.63, 3.8) is 0 Å². The molecule has 3 nitrogen and oxygen atoms in total. The second-order valence-electron chi connectivity index (χ2n) is 4.26. The molecular weight excluding hydrogens is 162 g/mol. The largest absolute Gasteiger partial charge is 0.327 e. The van der Waals surface area contributed by atoms with E-state index < -0.39 is 0 Å². The number of hydrogen-bond donors (Lipinski definition) is 1. The molecule has 3 heteroatoms. The van der Waals surface area contributed by atoms with Crippen molar-refractivity contribution in [2.75, 3.05) is 13.1 Å². The summed E-state index contributed by atoms with van der Waals surface area (Å²) in [6.45, 7) is 2.30. The third kappa shape index (κ3) is 0.967. The molecule has 1 aromatic heterocycles. The third-order valence-corrected chi connectivity index (χ3v) is 3.52. The van der Waals surface area contributed by atoms with E-state index in [9.17, 15) is 0 Å². The van der Waals surface area contributed by atoms with Crippen molar-refractivity contribution >= 4 is 0 Å². The van der Waals surface area contributed by atoms with Crippen LogP contribution in [0.2, 0.25) is 0 Å². The number of nitrogens with zero attached hydrogens (tertiary/aromatic N) is 2. The Morgan fingerprint density at radius 2 is 2.46 bits per heavy atom. The molecule has 3 heterocycles. The Hall–Kier alpha value is -0.830. The number of rotatable bonds is 0. The lowest BCUT2D eigenvalue weighted by Crippen LogP contribution is -2.39. The van der Waals surface area contributed by atoms with Crippen molar-refractivity contribution < 1.29 is 0 Å². The zero-order valence-electron chi connectivity index (χ0n) is 7.79. The fourth-order valence-electron chi connectivity index (χ4n) is 2.80. The Bertz CT molecular complexity index is 310. The predicted octanol–water partition coefficient (Wildman–Crippen LogP) is 0.908. The molecule has 1 aromatic rings. The monoisotopic (exact) mass is 177 g/mol. The van der Waals surface area contributed by atoms with Gasteiger partial charge in [-0.15, -0.1) is 0 Å². The van der Waals surface area contributed by atoms with Crippen LogP contribution in [0.1, 0.15) is 25.0 Å². The van der Waals surface area contributed by atoms with Gasteiger partial charge in [-0.05, 0) is 32.2 Å². The van der Waals surface area contributed by atoms with E-state index in [1.807, 2.05) is 12.5 Å². The highest BCUT2D eigenvalue weighted by Gasteiger charge is 2.38. The molecule has 0 saturated carbocycles. The molecule has 3 rings (SSSR count). The highest BCUT2D eigenvalue weighted by molar-refractivity contribution is 5.10. The van der Waals surface area contributed by atoms with E-state index in [0.717, 1.165) is 13.1 Å². The Kier molecular flexibility index (Phi) is 1.50. The maximum atomic E-state index is 4.26. The molecule has 1 fully saturated rings. The summed E-state index contributed by atoms with van der Waals surface area (Å²) in [6, 6.07) is 0. The summed E-state index contributed by atoms with van der Waals surface area (Å²) < 4.78 is 2.41. The van der Waals surface area contributed by atoms with Gasteiger partial charge in [-0.2, -0.15) is 0 Å². The van der Waals surface area contributed by atoms with Gasteiger partial charge in [0.15, 0.2) is 0 Å². The van der Waals surface area contributed by atoms with Gasteiger partial charge in [-0.25, -0.2) is 4.98 Å². The van der Waals surface area contributed by atoms with Crippen LogP contribution in [-0.2, 0) is 12.0 Å². The topological polar surface area (TPSA) is 29.9 Å². The SMILES string of the molecule is c1ncn2c1CCCC21CCNC1. The fourth-order valence-corrected chi connectivity index (χ4v) is 2.80. The van der Waals surface area contributed by atoms with Gasteiger partial charge < -0.3 is 9.88 Å². The number of fused-ring (bicyclic) bond motifs is 2. The Labute approximate surface area is 78.2 Å². The quantitative estimate of drug-likeness (QED) is 0.638. The minimum Gasteiger partial charge on any atom is -0.327 e. The lowest BCUT2D eigenvalue weighted by Gasteiger charge is -2.35. The molecule has 0 bridgehead atoms. The fraction of sp³-hybridized carbons (Fsp3) is 0.700. The lowest BCUT2D eigenvalue weighted by molar-refractivity contribution is 0.252.